The fourth-order valence-corrected chi connectivity index (χ4v) is 1.28. The number of hydrogen-bond acceptors (Lipinski definition) is 3. The van der Waals surface area contributed by atoms with Crippen molar-refractivity contribution in [2.75, 3.05) is 25.5 Å². The minimum absolute atomic E-state index is 0.353. The minimum Gasteiger partial charge on any atom is -0.465 e. The third-order valence-corrected chi connectivity index (χ3v) is 2.04. The summed E-state index contributed by atoms with van der Waals surface area (Å²) in [5.74, 6) is 0. The molecule has 0 fully saturated rings. The predicted molar refractivity (Wildman–Crippen MR) is 67.1 cm³/mol. The fraction of sp³-hybridized carbons (Fsp3) is 0.364. The van der Waals surface area contributed by atoms with Gasteiger partial charge in [0, 0.05) is 26.8 Å². The van der Waals surface area contributed by atoms with Crippen molar-refractivity contribution in [1.29, 1.82) is 0 Å². The van der Waals surface area contributed by atoms with Crippen molar-refractivity contribution in [3.05, 3.63) is 18.5 Å². The predicted octanol–water partition coefficient (Wildman–Crippen LogP) is 1.81. The van der Waals surface area contributed by atoms with Crippen LogP contribution in [-0.4, -0.2) is 48.1 Å². The first-order valence-electron chi connectivity index (χ1n) is 5.21. The number of nitrogens with zero attached hydrogens (tertiary/aromatic N) is 4. The van der Waals surface area contributed by atoms with E-state index in [4.69, 9.17) is 5.11 Å². The van der Waals surface area contributed by atoms with Gasteiger partial charge in [-0.3, -0.25) is 9.88 Å². The highest BCUT2D eigenvalue weighted by molar-refractivity contribution is 5.90. The van der Waals surface area contributed by atoms with Gasteiger partial charge in [0.2, 0.25) is 0 Å². The topological polar surface area (TPSA) is 69.0 Å². The quantitative estimate of drug-likeness (QED) is 0.639. The van der Waals surface area contributed by atoms with Crippen LogP contribution in [0.2, 0.25) is 0 Å². The lowest BCUT2D eigenvalue weighted by Gasteiger charge is -2.18. The molecule has 0 aliphatic carbocycles. The summed E-state index contributed by atoms with van der Waals surface area (Å²) in [4.78, 5) is 22.2. The summed E-state index contributed by atoms with van der Waals surface area (Å²) < 4.78 is 0. The van der Waals surface area contributed by atoms with Gasteiger partial charge in [0.05, 0.1) is 23.9 Å². The SMILES string of the molecule is CCN(C(=O)O)c1cnccc1N=CN(C)C. The Kier molecular flexibility index (Phi) is 4.45. The number of aromatic nitrogens is 1. The number of carboxylic acid groups (broad SMARTS) is 1. The Morgan fingerprint density at radius 1 is 1.59 bits per heavy atom. The molecule has 0 atom stereocenters. The molecule has 0 saturated carbocycles. The van der Waals surface area contributed by atoms with Crippen molar-refractivity contribution in [3.8, 4) is 0 Å². The van der Waals surface area contributed by atoms with E-state index in [1.807, 2.05) is 14.1 Å². The summed E-state index contributed by atoms with van der Waals surface area (Å²) in [6.45, 7) is 2.12. The number of carbonyl (C=O) groups is 1. The number of rotatable bonds is 4. The van der Waals surface area contributed by atoms with Gasteiger partial charge in [-0.1, -0.05) is 0 Å². The van der Waals surface area contributed by atoms with Gasteiger partial charge in [-0.05, 0) is 13.0 Å². The first-order chi connectivity index (χ1) is 8.06. The number of anilines is 1. The Balaban J connectivity index is 3.10. The third kappa shape index (κ3) is 3.44. The molecule has 0 unspecified atom stereocenters. The maximum Gasteiger partial charge on any atom is 0.411 e. The van der Waals surface area contributed by atoms with Crippen LogP contribution < -0.4 is 4.90 Å². The van der Waals surface area contributed by atoms with Crippen molar-refractivity contribution < 1.29 is 9.90 Å². The van der Waals surface area contributed by atoms with E-state index < -0.39 is 6.09 Å². The van der Waals surface area contributed by atoms with Crippen molar-refractivity contribution in [2.45, 2.75) is 6.92 Å². The summed E-state index contributed by atoms with van der Waals surface area (Å²) in [5.41, 5.74) is 1.07. The number of hydrogen-bond donors (Lipinski definition) is 1. The zero-order valence-corrected chi connectivity index (χ0v) is 10.2. The van der Waals surface area contributed by atoms with E-state index in [9.17, 15) is 4.79 Å². The molecular formula is C11H16N4O2. The van der Waals surface area contributed by atoms with Gasteiger partial charge >= 0.3 is 6.09 Å². The normalized spacial score (nSPS) is 10.5. The van der Waals surface area contributed by atoms with E-state index in [2.05, 4.69) is 9.98 Å². The Labute approximate surface area is 100 Å². The number of amides is 1. The van der Waals surface area contributed by atoms with Crippen LogP contribution >= 0.6 is 0 Å². The lowest BCUT2D eigenvalue weighted by Crippen LogP contribution is -2.28. The molecule has 1 heterocycles. The van der Waals surface area contributed by atoms with E-state index in [1.54, 1.807) is 30.4 Å². The molecule has 6 nitrogen and oxygen atoms in total. The van der Waals surface area contributed by atoms with Gasteiger partial charge in [-0.2, -0.15) is 0 Å². The first-order valence-corrected chi connectivity index (χ1v) is 5.21. The highest BCUT2D eigenvalue weighted by atomic mass is 16.4. The summed E-state index contributed by atoms with van der Waals surface area (Å²) >= 11 is 0. The van der Waals surface area contributed by atoms with Gasteiger partial charge in [0.25, 0.3) is 0 Å². The number of pyridine rings is 1. The Bertz CT molecular complexity index is 418. The first kappa shape index (κ1) is 13.0. The Hall–Kier alpha value is -2.11. The maximum absolute atomic E-state index is 11.1. The van der Waals surface area contributed by atoms with Crippen LogP contribution in [0.1, 0.15) is 6.92 Å². The molecule has 0 aliphatic rings. The molecule has 1 aromatic heterocycles. The molecule has 1 amide bonds. The van der Waals surface area contributed by atoms with Gasteiger partial charge < -0.3 is 10.0 Å². The maximum atomic E-state index is 11.1. The summed E-state index contributed by atoms with van der Waals surface area (Å²) in [5, 5.41) is 9.06. The van der Waals surface area contributed by atoms with Crippen LogP contribution in [0.25, 0.3) is 0 Å². The van der Waals surface area contributed by atoms with Crippen LogP contribution in [0.15, 0.2) is 23.5 Å². The van der Waals surface area contributed by atoms with Gasteiger partial charge in [0.15, 0.2) is 0 Å². The molecule has 0 aliphatic heterocycles. The van der Waals surface area contributed by atoms with E-state index in [0.717, 1.165) is 0 Å². The van der Waals surface area contributed by atoms with Crippen molar-refractivity contribution in [1.82, 2.24) is 9.88 Å². The van der Waals surface area contributed by atoms with Crippen LogP contribution in [-0.2, 0) is 0 Å². The Morgan fingerprint density at radius 3 is 2.82 bits per heavy atom. The highest BCUT2D eigenvalue weighted by Crippen LogP contribution is 2.26. The second-order valence-corrected chi connectivity index (χ2v) is 3.60. The van der Waals surface area contributed by atoms with E-state index in [-0.39, 0.29) is 0 Å². The lowest BCUT2D eigenvalue weighted by atomic mass is 10.3. The minimum atomic E-state index is -1.01. The second kappa shape index (κ2) is 5.83. The zero-order chi connectivity index (χ0) is 12.8. The molecule has 1 rings (SSSR count). The average molecular weight is 236 g/mol. The number of aliphatic imine (C=N–C) groups is 1. The van der Waals surface area contributed by atoms with Gasteiger partial charge in [-0.25, -0.2) is 9.79 Å². The van der Waals surface area contributed by atoms with Gasteiger partial charge in [0.1, 0.15) is 0 Å². The zero-order valence-electron chi connectivity index (χ0n) is 10.2. The summed E-state index contributed by atoms with van der Waals surface area (Å²) in [7, 11) is 3.69. The fourth-order valence-electron chi connectivity index (χ4n) is 1.28. The van der Waals surface area contributed by atoms with Crippen molar-refractivity contribution in [2.24, 2.45) is 4.99 Å². The molecule has 0 aromatic carbocycles. The molecule has 17 heavy (non-hydrogen) atoms. The monoisotopic (exact) mass is 236 g/mol. The standard InChI is InChI=1S/C11H16N4O2/c1-4-15(11(16)17)10-7-12-6-5-9(10)13-8-14(2)3/h5-8H,4H2,1-3H3,(H,16,17). The van der Waals surface area contributed by atoms with E-state index >= 15 is 0 Å². The molecule has 1 aromatic rings. The molecule has 0 radical (unpaired) electrons. The van der Waals surface area contributed by atoms with E-state index in [0.29, 0.717) is 17.9 Å². The summed E-state index contributed by atoms with van der Waals surface area (Å²) in [6.07, 6.45) is 3.69. The third-order valence-electron chi connectivity index (χ3n) is 2.04. The molecule has 92 valence electrons. The average Bonchev–Trinajstić information content (AvgIpc) is 2.28. The molecule has 0 saturated heterocycles. The van der Waals surface area contributed by atoms with Crippen molar-refractivity contribution >= 4 is 23.8 Å². The van der Waals surface area contributed by atoms with E-state index in [1.165, 1.54) is 11.1 Å². The molecule has 6 heteroatoms. The molecule has 0 spiro atoms. The van der Waals surface area contributed by atoms with Gasteiger partial charge in [-0.15, -0.1) is 0 Å². The van der Waals surface area contributed by atoms with Crippen LogP contribution in [0.3, 0.4) is 0 Å². The molecular weight excluding hydrogens is 220 g/mol. The molecule has 0 bridgehead atoms. The summed E-state index contributed by atoms with van der Waals surface area (Å²) in [6, 6.07) is 1.68. The smallest absolute Gasteiger partial charge is 0.411 e. The Morgan fingerprint density at radius 2 is 2.29 bits per heavy atom. The van der Waals surface area contributed by atoms with Crippen LogP contribution in [0, 0.1) is 0 Å². The lowest BCUT2D eigenvalue weighted by molar-refractivity contribution is 0.202. The second-order valence-electron chi connectivity index (χ2n) is 3.60. The molecule has 1 N–H and O–H groups in total. The van der Waals surface area contributed by atoms with Crippen LogP contribution in [0.5, 0.6) is 0 Å². The highest BCUT2D eigenvalue weighted by Gasteiger charge is 2.15. The van der Waals surface area contributed by atoms with Crippen molar-refractivity contribution in [3.63, 3.8) is 0 Å². The van der Waals surface area contributed by atoms with Crippen LogP contribution in [0.4, 0.5) is 16.2 Å². The largest absolute Gasteiger partial charge is 0.465 e.